The number of halogens is 1. The Kier molecular flexibility index (Phi) is 4.18. The Hall–Kier alpha value is -1.91. The molecule has 0 saturated carbocycles. The summed E-state index contributed by atoms with van der Waals surface area (Å²) in [5, 5.41) is 0. The van der Waals surface area contributed by atoms with E-state index in [1.54, 1.807) is 6.33 Å². The van der Waals surface area contributed by atoms with Crippen molar-refractivity contribution in [1.82, 2.24) is 9.55 Å². The second-order valence-electron chi connectivity index (χ2n) is 4.94. The fourth-order valence-electron chi connectivity index (χ4n) is 2.40. The van der Waals surface area contributed by atoms with Crippen LogP contribution < -0.4 is 5.73 Å². The van der Waals surface area contributed by atoms with E-state index < -0.39 is 0 Å². The van der Waals surface area contributed by atoms with E-state index >= 15 is 0 Å². The highest BCUT2D eigenvalue weighted by Gasteiger charge is 2.14. The van der Waals surface area contributed by atoms with Gasteiger partial charge in [-0.25, -0.2) is 4.98 Å². The van der Waals surface area contributed by atoms with Crippen molar-refractivity contribution in [2.24, 2.45) is 5.73 Å². The second-order valence-corrected chi connectivity index (χ2v) is 5.79. The molecule has 0 radical (unpaired) electrons. The molecule has 3 aromatic rings. The van der Waals surface area contributed by atoms with E-state index in [0.29, 0.717) is 0 Å². The van der Waals surface area contributed by atoms with Gasteiger partial charge in [0.25, 0.3) is 0 Å². The highest BCUT2D eigenvalue weighted by Crippen LogP contribution is 2.25. The first-order chi connectivity index (χ1) is 10.3. The van der Waals surface area contributed by atoms with Crippen LogP contribution in [0.4, 0.5) is 0 Å². The summed E-state index contributed by atoms with van der Waals surface area (Å²) in [4.78, 5) is 4.26. The van der Waals surface area contributed by atoms with Gasteiger partial charge in [-0.1, -0.05) is 42.5 Å². The van der Waals surface area contributed by atoms with Gasteiger partial charge in [-0.2, -0.15) is 0 Å². The molecule has 0 unspecified atom stereocenters. The van der Waals surface area contributed by atoms with Gasteiger partial charge in [0.1, 0.15) is 0 Å². The number of hydrogen-bond acceptors (Lipinski definition) is 2. The zero-order valence-corrected chi connectivity index (χ0v) is 13.1. The third-order valence-corrected chi connectivity index (χ3v) is 4.13. The van der Waals surface area contributed by atoms with E-state index in [0.717, 1.165) is 22.3 Å². The van der Waals surface area contributed by atoms with Crippen molar-refractivity contribution in [2.75, 3.05) is 0 Å². The lowest BCUT2D eigenvalue weighted by Crippen LogP contribution is -2.17. The molecule has 0 aliphatic rings. The van der Waals surface area contributed by atoms with Crippen molar-refractivity contribution in [3.63, 3.8) is 0 Å². The lowest BCUT2D eigenvalue weighted by Gasteiger charge is -2.16. The minimum Gasteiger partial charge on any atom is -0.322 e. The van der Waals surface area contributed by atoms with Crippen molar-refractivity contribution < 1.29 is 0 Å². The Morgan fingerprint density at radius 2 is 1.76 bits per heavy atom. The van der Waals surface area contributed by atoms with E-state index in [4.69, 9.17) is 5.73 Å². The molecule has 21 heavy (non-hydrogen) atoms. The Bertz CT molecular complexity index is 722. The highest BCUT2D eigenvalue weighted by molar-refractivity contribution is 9.10. The molecule has 0 aliphatic carbocycles. The largest absolute Gasteiger partial charge is 0.322 e. The topological polar surface area (TPSA) is 43.8 Å². The zero-order chi connectivity index (χ0) is 14.7. The first-order valence-electron chi connectivity index (χ1n) is 6.82. The van der Waals surface area contributed by atoms with E-state index in [2.05, 4.69) is 33.0 Å². The maximum atomic E-state index is 6.38. The predicted molar refractivity (Wildman–Crippen MR) is 88.3 cm³/mol. The number of para-hydroxylation sites is 1. The van der Waals surface area contributed by atoms with Crippen LogP contribution in [0.3, 0.4) is 0 Å². The van der Waals surface area contributed by atoms with E-state index in [1.807, 2.05) is 53.2 Å². The third-order valence-electron chi connectivity index (χ3n) is 3.46. The summed E-state index contributed by atoms with van der Waals surface area (Å²) in [6, 6.07) is 18.2. The number of rotatable bonds is 4. The second kappa shape index (κ2) is 6.24. The first kappa shape index (κ1) is 14.0. The molecule has 106 valence electrons. The van der Waals surface area contributed by atoms with E-state index in [1.165, 1.54) is 5.56 Å². The van der Waals surface area contributed by atoms with Crippen molar-refractivity contribution in [2.45, 2.75) is 12.5 Å². The van der Waals surface area contributed by atoms with Crippen LogP contribution in [0, 0.1) is 0 Å². The molecule has 1 atom stereocenters. The summed E-state index contributed by atoms with van der Waals surface area (Å²) in [6.07, 6.45) is 4.43. The van der Waals surface area contributed by atoms with Crippen LogP contribution in [-0.4, -0.2) is 9.55 Å². The number of nitrogens with two attached hydrogens (primary N) is 1. The van der Waals surface area contributed by atoms with Crippen LogP contribution in [-0.2, 0) is 6.42 Å². The fourth-order valence-corrected chi connectivity index (χ4v) is 2.88. The lowest BCUT2D eigenvalue weighted by molar-refractivity contribution is 0.678. The molecule has 0 spiro atoms. The molecule has 0 saturated heterocycles. The van der Waals surface area contributed by atoms with Crippen LogP contribution in [0.1, 0.15) is 17.3 Å². The lowest BCUT2D eigenvalue weighted by atomic mass is 10.0. The fraction of sp³-hybridized carbons (Fsp3) is 0.118. The van der Waals surface area contributed by atoms with Crippen LogP contribution in [0.15, 0.2) is 71.6 Å². The van der Waals surface area contributed by atoms with Crippen molar-refractivity contribution in [3.8, 4) is 5.69 Å². The molecule has 3 rings (SSSR count). The molecule has 0 aliphatic heterocycles. The monoisotopic (exact) mass is 341 g/mol. The number of nitrogens with zero attached hydrogens (tertiary/aromatic N) is 2. The zero-order valence-electron chi connectivity index (χ0n) is 11.5. The Morgan fingerprint density at radius 3 is 2.52 bits per heavy atom. The maximum Gasteiger partial charge on any atom is 0.0995 e. The maximum absolute atomic E-state index is 6.38. The number of hydrogen-bond donors (Lipinski definition) is 1. The van der Waals surface area contributed by atoms with Crippen LogP contribution >= 0.6 is 15.9 Å². The smallest absolute Gasteiger partial charge is 0.0995 e. The first-order valence-corrected chi connectivity index (χ1v) is 7.61. The van der Waals surface area contributed by atoms with Crippen molar-refractivity contribution in [3.05, 3.63) is 82.9 Å². The summed E-state index contributed by atoms with van der Waals surface area (Å²) >= 11 is 3.58. The van der Waals surface area contributed by atoms with E-state index in [-0.39, 0.29) is 6.04 Å². The predicted octanol–water partition coefficient (Wildman–Crippen LogP) is 3.88. The van der Waals surface area contributed by atoms with Gasteiger partial charge in [-0.15, -0.1) is 0 Å². The van der Waals surface area contributed by atoms with E-state index in [9.17, 15) is 0 Å². The van der Waals surface area contributed by atoms with Gasteiger partial charge in [0, 0.05) is 4.47 Å². The summed E-state index contributed by atoms with van der Waals surface area (Å²) in [6.45, 7) is 0. The van der Waals surface area contributed by atoms with Gasteiger partial charge in [0.2, 0.25) is 0 Å². The molecule has 0 amide bonds. The standard InChI is InChI=1S/C17H16BrN3/c18-14-8-4-5-9-16(14)21-12-20-11-17(21)15(19)10-13-6-2-1-3-7-13/h1-9,11-12,15H,10,19H2/t15-/m1/s1. The van der Waals surface area contributed by atoms with Crippen molar-refractivity contribution >= 4 is 15.9 Å². The minimum atomic E-state index is -0.0954. The Balaban J connectivity index is 1.91. The molecule has 2 N–H and O–H groups in total. The van der Waals surface area contributed by atoms with Gasteiger partial charge in [0.15, 0.2) is 0 Å². The summed E-state index contributed by atoms with van der Waals surface area (Å²) in [7, 11) is 0. The van der Waals surface area contributed by atoms with Crippen molar-refractivity contribution in [1.29, 1.82) is 0 Å². The van der Waals surface area contributed by atoms with Gasteiger partial charge >= 0.3 is 0 Å². The van der Waals surface area contributed by atoms with Crippen LogP contribution in [0.5, 0.6) is 0 Å². The van der Waals surface area contributed by atoms with Crippen LogP contribution in [0.25, 0.3) is 5.69 Å². The number of imidazole rings is 1. The molecular weight excluding hydrogens is 326 g/mol. The third kappa shape index (κ3) is 3.06. The van der Waals surface area contributed by atoms with Gasteiger partial charge in [0.05, 0.1) is 29.9 Å². The van der Waals surface area contributed by atoms with Gasteiger partial charge < -0.3 is 10.3 Å². The molecular formula is C17H16BrN3. The number of benzene rings is 2. The average Bonchev–Trinajstić information content (AvgIpc) is 2.98. The Labute approximate surface area is 132 Å². The van der Waals surface area contributed by atoms with Gasteiger partial charge in [-0.3, -0.25) is 0 Å². The minimum absolute atomic E-state index is 0.0954. The average molecular weight is 342 g/mol. The number of aromatic nitrogens is 2. The van der Waals surface area contributed by atoms with Gasteiger partial charge in [-0.05, 0) is 40.0 Å². The highest BCUT2D eigenvalue weighted by atomic mass is 79.9. The normalized spacial score (nSPS) is 12.3. The molecule has 0 bridgehead atoms. The molecule has 1 heterocycles. The SMILES string of the molecule is N[C@H](Cc1ccccc1)c1cncn1-c1ccccc1Br. The summed E-state index contributed by atoms with van der Waals surface area (Å²) in [5.41, 5.74) is 9.67. The Morgan fingerprint density at radius 1 is 1.05 bits per heavy atom. The summed E-state index contributed by atoms with van der Waals surface area (Å²) < 4.78 is 3.06. The summed E-state index contributed by atoms with van der Waals surface area (Å²) in [5.74, 6) is 0. The molecule has 2 aromatic carbocycles. The molecule has 0 fully saturated rings. The van der Waals surface area contributed by atoms with Crippen LogP contribution in [0.2, 0.25) is 0 Å². The quantitative estimate of drug-likeness (QED) is 0.782. The molecule has 4 heteroatoms. The molecule has 3 nitrogen and oxygen atoms in total. The molecule has 1 aromatic heterocycles.